The summed E-state index contributed by atoms with van der Waals surface area (Å²) >= 11 is 0. The average molecular weight is 353 g/mol. The number of nitrogens with zero attached hydrogens (tertiary/aromatic N) is 4. The molecule has 1 amide bonds. The van der Waals surface area contributed by atoms with Crippen LogP contribution in [0.15, 0.2) is 48.7 Å². The minimum absolute atomic E-state index is 0.0381. The van der Waals surface area contributed by atoms with E-state index in [0.717, 1.165) is 29.7 Å². The van der Waals surface area contributed by atoms with E-state index < -0.39 is 0 Å². The maximum Gasteiger partial charge on any atom is 0.244 e. The highest BCUT2D eigenvalue weighted by atomic mass is 19.1. The number of aromatic nitrogens is 2. The van der Waals surface area contributed by atoms with Crippen LogP contribution in [-0.2, 0) is 11.3 Å². The lowest BCUT2D eigenvalue weighted by molar-refractivity contribution is -0.132. The van der Waals surface area contributed by atoms with Crippen LogP contribution in [-0.4, -0.2) is 46.8 Å². The molecule has 1 aliphatic rings. The molecule has 2 heterocycles. The van der Waals surface area contributed by atoms with E-state index in [1.54, 1.807) is 23.0 Å². The van der Waals surface area contributed by atoms with E-state index in [-0.39, 0.29) is 18.3 Å². The summed E-state index contributed by atoms with van der Waals surface area (Å²) in [6.07, 6.45) is 1.70. The van der Waals surface area contributed by atoms with Crippen LogP contribution >= 0.6 is 0 Å². The lowest BCUT2D eigenvalue weighted by atomic mass is 10.2. The van der Waals surface area contributed by atoms with Gasteiger partial charge in [0.2, 0.25) is 5.91 Å². The van der Waals surface area contributed by atoms with Crippen LogP contribution in [0.2, 0.25) is 0 Å². The molecule has 2 N–H and O–H groups in total. The number of anilines is 2. The Labute approximate surface area is 150 Å². The van der Waals surface area contributed by atoms with E-state index in [0.29, 0.717) is 18.8 Å². The second kappa shape index (κ2) is 6.67. The van der Waals surface area contributed by atoms with Crippen molar-refractivity contribution in [1.29, 1.82) is 0 Å². The first kappa shape index (κ1) is 16.4. The van der Waals surface area contributed by atoms with E-state index in [4.69, 9.17) is 5.73 Å². The molecule has 1 aromatic heterocycles. The summed E-state index contributed by atoms with van der Waals surface area (Å²) in [4.78, 5) is 16.7. The third kappa shape index (κ3) is 3.08. The van der Waals surface area contributed by atoms with E-state index in [1.165, 1.54) is 12.1 Å². The van der Waals surface area contributed by atoms with E-state index in [9.17, 15) is 9.18 Å². The van der Waals surface area contributed by atoms with Gasteiger partial charge in [-0.2, -0.15) is 5.10 Å². The quantitative estimate of drug-likeness (QED) is 0.733. The number of amides is 1. The molecule has 0 radical (unpaired) electrons. The average Bonchev–Trinajstić information content (AvgIpc) is 3.07. The topological polar surface area (TPSA) is 67.4 Å². The Hall–Kier alpha value is -3.09. The maximum atomic E-state index is 13.1. The number of hydrogen-bond donors (Lipinski definition) is 1. The van der Waals surface area contributed by atoms with Crippen LogP contribution in [0.1, 0.15) is 0 Å². The van der Waals surface area contributed by atoms with Gasteiger partial charge in [0.15, 0.2) is 0 Å². The minimum Gasteiger partial charge on any atom is -0.398 e. The molecule has 0 saturated carbocycles. The van der Waals surface area contributed by atoms with Crippen molar-refractivity contribution >= 4 is 28.2 Å². The number of benzene rings is 2. The van der Waals surface area contributed by atoms with Crippen molar-refractivity contribution < 1.29 is 9.18 Å². The largest absolute Gasteiger partial charge is 0.398 e. The molecule has 134 valence electrons. The number of halogens is 1. The smallest absolute Gasteiger partial charge is 0.244 e. The zero-order valence-electron chi connectivity index (χ0n) is 14.3. The molecule has 7 heteroatoms. The predicted molar refractivity (Wildman–Crippen MR) is 99.3 cm³/mol. The van der Waals surface area contributed by atoms with Crippen LogP contribution in [0.25, 0.3) is 10.9 Å². The Bertz CT molecular complexity index is 929. The molecule has 3 aromatic rings. The van der Waals surface area contributed by atoms with Gasteiger partial charge in [0.1, 0.15) is 12.4 Å². The van der Waals surface area contributed by atoms with Gasteiger partial charge < -0.3 is 15.5 Å². The highest BCUT2D eigenvalue weighted by molar-refractivity contribution is 5.91. The Kier molecular flexibility index (Phi) is 4.20. The Morgan fingerprint density at radius 3 is 2.54 bits per heavy atom. The zero-order valence-corrected chi connectivity index (χ0v) is 14.3. The Morgan fingerprint density at radius 2 is 1.81 bits per heavy atom. The summed E-state index contributed by atoms with van der Waals surface area (Å²) in [6.45, 7) is 2.92. The number of hydrogen-bond acceptors (Lipinski definition) is 4. The number of nitrogen functional groups attached to an aromatic ring is 1. The molecule has 6 nitrogen and oxygen atoms in total. The summed E-state index contributed by atoms with van der Waals surface area (Å²) in [5, 5.41) is 5.17. The number of nitrogens with two attached hydrogens (primary N) is 1. The van der Waals surface area contributed by atoms with Crippen LogP contribution in [0.3, 0.4) is 0 Å². The molecule has 1 saturated heterocycles. The summed E-state index contributed by atoms with van der Waals surface area (Å²) in [5.74, 6) is -0.203. The van der Waals surface area contributed by atoms with Gasteiger partial charge >= 0.3 is 0 Å². The zero-order chi connectivity index (χ0) is 18.1. The van der Waals surface area contributed by atoms with Gasteiger partial charge in [0.25, 0.3) is 0 Å². The Balaban J connectivity index is 1.40. The van der Waals surface area contributed by atoms with Gasteiger partial charge in [-0.3, -0.25) is 9.48 Å². The molecular weight excluding hydrogens is 333 g/mol. The lowest BCUT2D eigenvalue weighted by Gasteiger charge is -2.36. The number of carbonyl (C=O) groups is 1. The fourth-order valence-corrected chi connectivity index (χ4v) is 3.35. The van der Waals surface area contributed by atoms with Crippen molar-refractivity contribution in [3.63, 3.8) is 0 Å². The van der Waals surface area contributed by atoms with Gasteiger partial charge in [-0.25, -0.2) is 4.39 Å². The van der Waals surface area contributed by atoms with Gasteiger partial charge in [-0.05, 0) is 36.4 Å². The molecule has 1 fully saturated rings. The van der Waals surface area contributed by atoms with Crippen LogP contribution < -0.4 is 10.6 Å². The van der Waals surface area contributed by atoms with Gasteiger partial charge in [-0.1, -0.05) is 6.07 Å². The first-order chi connectivity index (χ1) is 12.6. The van der Waals surface area contributed by atoms with Crippen molar-refractivity contribution in [2.45, 2.75) is 6.54 Å². The third-order valence-electron chi connectivity index (χ3n) is 4.83. The third-order valence-corrected chi connectivity index (χ3v) is 4.83. The van der Waals surface area contributed by atoms with Crippen molar-refractivity contribution in [3.8, 4) is 0 Å². The van der Waals surface area contributed by atoms with Crippen molar-refractivity contribution in [3.05, 3.63) is 54.5 Å². The molecule has 0 bridgehead atoms. The Morgan fingerprint density at radius 1 is 1.08 bits per heavy atom. The molecule has 1 aliphatic heterocycles. The highest BCUT2D eigenvalue weighted by Gasteiger charge is 2.22. The number of rotatable bonds is 3. The predicted octanol–water partition coefficient (Wildman–Crippen LogP) is 2.11. The molecule has 2 aromatic carbocycles. The maximum absolute atomic E-state index is 13.1. The fraction of sp³-hybridized carbons (Fsp3) is 0.263. The molecular formula is C19H20FN5O. The first-order valence-corrected chi connectivity index (χ1v) is 8.60. The van der Waals surface area contributed by atoms with E-state index >= 15 is 0 Å². The van der Waals surface area contributed by atoms with Gasteiger partial charge in [-0.15, -0.1) is 0 Å². The molecule has 0 atom stereocenters. The van der Waals surface area contributed by atoms with Crippen LogP contribution in [0.5, 0.6) is 0 Å². The fourth-order valence-electron chi connectivity index (χ4n) is 3.35. The van der Waals surface area contributed by atoms with E-state index in [2.05, 4.69) is 10.00 Å². The summed E-state index contributed by atoms with van der Waals surface area (Å²) in [6, 6.07) is 12.1. The van der Waals surface area contributed by atoms with Crippen molar-refractivity contribution in [1.82, 2.24) is 14.7 Å². The highest BCUT2D eigenvalue weighted by Crippen LogP contribution is 2.21. The summed E-state index contributed by atoms with van der Waals surface area (Å²) in [5.41, 5.74) is 8.45. The molecule has 0 unspecified atom stereocenters. The lowest BCUT2D eigenvalue weighted by Crippen LogP contribution is -2.49. The standard InChI is InChI=1S/C19H20FN5O/c20-14-4-6-15(7-5-14)23-8-10-24(11-9-23)19(26)13-25-18-3-1-2-17(21)16(18)12-22-25/h1-7,12H,8-11,13,21H2. The second-order valence-electron chi connectivity index (χ2n) is 6.43. The monoisotopic (exact) mass is 353 g/mol. The van der Waals surface area contributed by atoms with Gasteiger partial charge in [0.05, 0.1) is 11.7 Å². The molecule has 4 rings (SSSR count). The summed E-state index contributed by atoms with van der Waals surface area (Å²) in [7, 11) is 0. The van der Waals surface area contributed by atoms with Crippen molar-refractivity contribution in [2.75, 3.05) is 36.8 Å². The minimum atomic E-state index is -0.241. The molecule has 26 heavy (non-hydrogen) atoms. The molecule has 0 aliphatic carbocycles. The first-order valence-electron chi connectivity index (χ1n) is 8.60. The SMILES string of the molecule is Nc1cccc2c1cnn2CC(=O)N1CCN(c2ccc(F)cc2)CC1. The van der Waals surface area contributed by atoms with Crippen LogP contribution in [0.4, 0.5) is 15.8 Å². The van der Waals surface area contributed by atoms with Gasteiger partial charge in [0, 0.05) is 42.9 Å². The number of piperazine rings is 1. The van der Waals surface area contributed by atoms with Crippen molar-refractivity contribution in [2.24, 2.45) is 0 Å². The second-order valence-corrected chi connectivity index (χ2v) is 6.43. The molecule has 0 spiro atoms. The number of fused-ring (bicyclic) bond motifs is 1. The number of carbonyl (C=O) groups excluding carboxylic acids is 1. The van der Waals surface area contributed by atoms with Crippen LogP contribution in [0, 0.1) is 5.82 Å². The van der Waals surface area contributed by atoms with E-state index in [1.807, 2.05) is 23.1 Å². The summed E-state index contributed by atoms with van der Waals surface area (Å²) < 4.78 is 14.7. The normalized spacial score (nSPS) is 14.8.